The lowest BCUT2D eigenvalue weighted by atomic mass is 10.1. The van der Waals surface area contributed by atoms with Crippen LogP contribution in [-0.4, -0.2) is 37.1 Å². The largest absolute Gasteiger partial charge is 0.478 e. The molecule has 3 N–H and O–H groups in total. The van der Waals surface area contributed by atoms with Gasteiger partial charge in [0, 0.05) is 17.7 Å². The van der Waals surface area contributed by atoms with Gasteiger partial charge in [-0.1, -0.05) is 0 Å². The summed E-state index contributed by atoms with van der Waals surface area (Å²) in [5, 5.41) is 14.3. The highest BCUT2D eigenvalue weighted by molar-refractivity contribution is 6.01. The molecule has 0 unspecified atom stereocenters. The van der Waals surface area contributed by atoms with Crippen LogP contribution < -0.4 is 10.6 Å². The van der Waals surface area contributed by atoms with Crippen LogP contribution in [0.5, 0.6) is 0 Å². The molecule has 0 aliphatic heterocycles. The molecule has 0 aromatic heterocycles. The van der Waals surface area contributed by atoms with E-state index in [1.807, 2.05) is 7.05 Å². The van der Waals surface area contributed by atoms with Gasteiger partial charge in [-0.05, 0) is 33.9 Å². The molecule has 1 amide bonds. The van der Waals surface area contributed by atoms with Crippen molar-refractivity contribution in [2.45, 2.75) is 20.3 Å². The van der Waals surface area contributed by atoms with Crippen molar-refractivity contribution in [3.63, 3.8) is 0 Å². The van der Waals surface area contributed by atoms with E-state index in [0.717, 1.165) is 13.0 Å². The highest BCUT2D eigenvalue weighted by atomic mass is 16.4. The monoisotopic (exact) mass is 214 g/mol. The van der Waals surface area contributed by atoms with Gasteiger partial charge in [0.25, 0.3) is 0 Å². The highest BCUT2D eigenvalue weighted by Gasteiger charge is 2.11. The number of amides is 1. The summed E-state index contributed by atoms with van der Waals surface area (Å²) in [6.45, 7) is 4.30. The smallest absolute Gasteiger partial charge is 0.331 e. The number of hydrogen-bond acceptors (Lipinski definition) is 3. The van der Waals surface area contributed by atoms with Crippen LogP contribution in [0.15, 0.2) is 11.1 Å². The summed E-state index contributed by atoms with van der Waals surface area (Å²) in [4.78, 5) is 22.0. The number of rotatable bonds is 6. The Bertz CT molecular complexity index is 272. The molecule has 0 aliphatic carbocycles. The van der Waals surface area contributed by atoms with Gasteiger partial charge in [-0.3, -0.25) is 4.79 Å². The minimum atomic E-state index is -1.06. The molecule has 0 fully saturated rings. The van der Waals surface area contributed by atoms with Gasteiger partial charge >= 0.3 is 5.97 Å². The maximum atomic E-state index is 11.4. The molecule has 0 rings (SSSR count). The Hall–Kier alpha value is -1.36. The molecule has 0 saturated carbocycles. The van der Waals surface area contributed by atoms with Crippen LogP contribution >= 0.6 is 0 Å². The molecule has 86 valence electrons. The molecule has 0 aromatic carbocycles. The van der Waals surface area contributed by atoms with E-state index in [2.05, 4.69) is 10.6 Å². The molecule has 15 heavy (non-hydrogen) atoms. The zero-order valence-corrected chi connectivity index (χ0v) is 9.39. The summed E-state index contributed by atoms with van der Waals surface area (Å²) < 4.78 is 0. The molecule has 0 aliphatic rings. The van der Waals surface area contributed by atoms with E-state index >= 15 is 0 Å². The first-order chi connectivity index (χ1) is 7.00. The molecule has 0 heterocycles. The maximum absolute atomic E-state index is 11.4. The van der Waals surface area contributed by atoms with E-state index in [0.29, 0.717) is 6.54 Å². The van der Waals surface area contributed by atoms with Gasteiger partial charge in [-0.2, -0.15) is 0 Å². The Balaban J connectivity index is 4.11. The van der Waals surface area contributed by atoms with Crippen LogP contribution in [0.3, 0.4) is 0 Å². The van der Waals surface area contributed by atoms with Gasteiger partial charge in [-0.15, -0.1) is 0 Å². The minimum absolute atomic E-state index is 0.0844. The number of nitrogens with one attached hydrogen (secondary N) is 2. The first kappa shape index (κ1) is 13.6. The van der Waals surface area contributed by atoms with E-state index < -0.39 is 5.97 Å². The molecule has 0 saturated heterocycles. The van der Waals surface area contributed by atoms with Gasteiger partial charge in [-0.25, -0.2) is 4.79 Å². The first-order valence-electron chi connectivity index (χ1n) is 4.84. The molecule has 0 radical (unpaired) electrons. The molecule has 5 heteroatoms. The molecule has 0 aromatic rings. The van der Waals surface area contributed by atoms with Crippen LogP contribution in [0, 0.1) is 0 Å². The highest BCUT2D eigenvalue weighted by Crippen LogP contribution is 2.02. The first-order valence-corrected chi connectivity index (χ1v) is 4.84. The minimum Gasteiger partial charge on any atom is -0.478 e. The van der Waals surface area contributed by atoms with E-state index in [9.17, 15) is 9.59 Å². The summed E-state index contributed by atoms with van der Waals surface area (Å²) in [6.07, 6.45) is 0.821. The van der Waals surface area contributed by atoms with E-state index in [1.165, 1.54) is 13.8 Å². The summed E-state index contributed by atoms with van der Waals surface area (Å²) in [5.74, 6) is -1.37. The maximum Gasteiger partial charge on any atom is 0.331 e. The fourth-order valence-corrected chi connectivity index (χ4v) is 0.930. The van der Waals surface area contributed by atoms with Crippen molar-refractivity contribution in [3.8, 4) is 0 Å². The number of carboxylic acids is 1. The third-order valence-electron chi connectivity index (χ3n) is 2.11. The second kappa shape index (κ2) is 7.00. The molecular weight excluding hydrogens is 196 g/mol. The SMILES string of the molecule is CNCCCNC(=O)C(C)=C(C)C(=O)O. The van der Waals surface area contributed by atoms with Crippen LogP contribution in [0.4, 0.5) is 0 Å². The van der Waals surface area contributed by atoms with Crippen molar-refractivity contribution in [2.24, 2.45) is 0 Å². The van der Waals surface area contributed by atoms with Gasteiger partial charge in [0.1, 0.15) is 0 Å². The standard InChI is InChI=1S/C10H18N2O3/c1-7(8(2)10(14)15)9(13)12-6-4-5-11-3/h11H,4-6H2,1-3H3,(H,12,13)(H,14,15). The fourth-order valence-electron chi connectivity index (χ4n) is 0.930. The van der Waals surface area contributed by atoms with Gasteiger partial charge < -0.3 is 15.7 Å². The number of hydrogen-bond donors (Lipinski definition) is 3. The second-order valence-electron chi connectivity index (χ2n) is 3.27. The Morgan fingerprint density at radius 2 is 1.73 bits per heavy atom. The lowest BCUT2D eigenvalue weighted by Crippen LogP contribution is -2.28. The van der Waals surface area contributed by atoms with E-state index in [-0.39, 0.29) is 17.1 Å². The molecule has 0 atom stereocenters. The molecular formula is C10H18N2O3. The van der Waals surface area contributed by atoms with Crippen molar-refractivity contribution in [2.75, 3.05) is 20.1 Å². The summed E-state index contributed by atoms with van der Waals surface area (Å²) in [5.41, 5.74) is 0.341. The summed E-state index contributed by atoms with van der Waals surface area (Å²) in [6, 6.07) is 0. The van der Waals surface area contributed by atoms with Crippen LogP contribution in [-0.2, 0) is 9.59 Å². The lowest BCUT2D eigenvalue weighted by Gasteiger charge is -2.06. The Morgan fingerprint density at radius 1 is 1.13 bits per heavy atom. The number of carboxylic acid groups (broad SMARTS) is 1. The zero-order chi connectivity index (χ0) is 11.8. The predicted octanol–water partition coefficient (Wildman–Crippen LogP) is 0.133. The van der Waals surface area contributed by atoms with E-state index in [4.69, 9.17) is 5.11 Å². The fraction of sp³-hybridized carbons (Fsp3) is 0.600. The van der Waals surface area contributed by atoms with Crippen molar-refractivity contribution in [3.05, 3.63) is 11.1 Å². The lowest BCUT2D eigenvalue weighted by molar-refractivity contribution is -0.133. The van der Waals surface area contributed by atoms with Crippen molar-refractivity contribution in [1.29, 1.82) is 0 Å². The third-order valence-corrected chi connectivity index (χ3v) is 2.11. The Kier molecular flexibility index (Phi) is 6.37. The predicted molar refractivity (Wildman–Crippen MR) is 57.6 cm³/mol. The van der Waals surface area contributed by atoms with Crippen LogP contribution in [0.25, 0.3) is 0 Å². The zero-order valence-electron chi connectivity index (χ0n) is 9.39. The Labute approximate surface area is 89.6 Å². The normalized spacial score (nSPS) is 11.9. The second-order valence-corrected chi connectivity index (χ2v) is 3.27. The summed E-state index contributed by atoms with van der Waals surface area (Å²) in [7, 11) is 1.83. The molecule has 0 spiro atoms. The van der Waals surface area contributed by atoms with Crippen molar-refractivity contribution in [1.82, 2.24) is 10.6 Å². The van der Waals surface area contributed by atoms with Crippen LogP contribution in [0.2, 0.25) is 0 Å². The van der Waals surface area contributed by atoms with Crippen molar-refractivity contribution >= 4 is 11.9 Å². The van der Waals surface area contributed by atoms with Gasteiger partial charge in [0.2, 0.25) is 5.91 Å². The topological polar surface area (TPSA) is 78.4 Å². The molecule has 0 bridgehead atoms. The summed E-state index contributed by atoms with van der Waals surface area (Å²) >= 11 is 0. The Morgan fingerprint density at radius 3 is 2.20 bits per heavy atom. The number of aliphatic carboxylic acids is 1. The average molecular weight is 214 g/mol. The number of carbonyl (C=O) groups is 2. The quantitative estimate of drug-likeness (QED) is 0.434. The van der Waals surface area contributed by atoms with Crippen molar-refractivity contribution < 1.29 is 14.7 Å². The van der Waals surface area contributed by atoms with Gasteiger partial charge in [0.15, 0.2) is 0 Å². The van der Waals surface area contributed by atoms with Crippen LogP contribution in [0.1, 0.15) is 20.3 Å². The third kappa shape index (κ3) is 5.17. The molecule has 5 nitrogen and oxygen atoms in total. The van der Waals surface area contributed by atoms with E-state index in [1.54, 1.807) is 0 Å². The van der Waals surface area contributed by atoms with Gasteiger partial charge in [0.05, 0.1) is 0 Å². The average Bonchev–Trinajstić information content (AvgIpc) is 2.21. The number of carbonyl (C=O) groups excluding carboxylic acids is 1.